The van der Waals surface area contributed by atoms with Crippen LogP contribution in [-0.4, -0.2) is 40.1 Å². The van der Waals surface area contributed by atoms with E-state index in [1.54, 1.807) is 12.0 Å². The van der Waals surface area contributed by atoms with E-state index in [9.17, 15) is 9.59 Å². The number of carboxylic acids is 1. The first-order valence-electron chi connectivity index (χ1n) is 7.90. The molecule has 1 amide bonds. The van der Waals surface area contributed by atoms with E-state index in [0.717, 1.165) is 17.0 Å². The number of nitrogens with zero attached hydrogens (tertiary/aromatic N) is 2. The van der Waals surface area contributed by atoms with Crippen LogP contribution in [0.25, 0.3) is 0 Å². The molecule has 1 unspecified atom stereocenters. The van der Waals surface area contributed by atoms with Crippen molar-refractivity contribution >= 4 is 11.9 Å². The Morgan fingerprint density at radius 3 is 2.79 bits per heavy atom. The number of aromatic nitrogens is 1. The van der Waals surface area contributed by atoms with Gasteiger partial charge in [0, 0.05) is 31.4 Å². The molecule has 3 rings (SSSR count). The zero-order valence-corrected chi connectivity index (χ0v) is 13.5. The van der Waals surface area contributed by atoms with Crippen molar-refractivity contribution in [3.05, 3.63) is 53.9 Å². The molecule has 0 aliphatic carbocycles. The Bertz CT molecular complexity index is 753. The fraction of sp³-hybridized carbons (Fsp3) is 0.333. The highest BCUT2D eigenvalue weighted by molar-refractivity contribution is 5.81. The molecule has 1 aliphatic heterocycles. The molecular formula is C18H20N2O4. The Morgan fingerprint density at radius 2 is 2.04 bits per heavy atom. The summed E-state index contributed by atoms with van der Waals surface area (Å²) in [4.78, 5) is 25.2. The molecule has 0 bridgehead atoms. The summed E-state index contributed by atoms with van der Waals surface area (Å²) in [6.45, 7) is 1.27. The van der Waals surface area contributed by atoms with Crippen LogP contribution >= 0.6 is 0 Å². The standard InChI is InChI=1S/C18H20N2O4/c1-24-14-5-2-4-13(12-14)18-15-6-3-9-19(15)10-11-20(18)16(21)7-8-17(22)23/h2-6,9,12,18H,7-8,10-11H2,1H3,(H,22,23). The lowest BCUT2D eigenvalue weighted by atomic mass is 9.99. The number of carbonyl (C=O) groups excluding carboxylic acids is 1. The molecule has 6 heteroatoms. The van der Waals surface area contributed by atoms with Crippen LogP contribution in [0.4, 0.5) is 0 Å². The molecule has 0 saturated carbocycles. The van der Waals surface area contributed by atoms with E-state index in [1.165, 1.54) is 0 Å². The molecule has 0 saturated heterocycles. The van der Waals surface area contributed by atoms with Gasteiger partial charge in [-0.2, -0.15) is 0 Å². The van der Waals surface area contributed by atoms with Gasteiger partial charge in [-0.3, -0.25) is 9.59 Å². The lowest BCUT2D eigenvalue weighted by molar-refractivity contribution is -0.141. The number of hydrogen-bond acceptors (Lipinski definition) is 3. The minimum atomic E-state index is -0.957. The number of benzene rings is 1. The van der Waals surface area contributed by atoms with Gasteiger partial charge in [-0.15, -0.1) is 0 Å². The summed E-state index contributed by atoms with van der Waals surface area (Å²) in [5.41, 5.74) is 1.98. The fourth-order valence-electron chi connectivity index (χ4n) is 3.17. The summed E-state index contributed by atoms with van der Waals surface area (Å²) in [5.74, 6) is -0.367. The van der Waals surface area contributed by atoms with Gasteiger partial charge in [-0.25, -0.2) is 0 Å². The van der Waals surface area contributed by atoms with Crippen molar-refractivity contribution in [1.82, 2.24) is 9.47 Å². The zero-order chi connectivity index (χ0) is 17.1. The summed E-state index contributed by atoms with van der Waals surface area (Å²) >= 11 is 0. The summed E-state index contributed by atoms with van der Waals surface area (Å²) in [5, 5.41) is 8.85. The van der Waals surface area contributed by atoms with Gasteiger partial charge in [0.05, 0.1) is 19.6 Å². The number of methoxy groups -OCH3 is 1. The van der Waals surface area contributed by atoms with Crippen molar-refractivity contribution < 1.29 is 19.4 Å². The van der Waals surface area contributed by atoms with E-state index in [2.05, 4.69) is 4.57 Å². The van der Waals surface area contributed by atoms with Gasteiger partial charge < -0.3 is 19.3 Å². The van der Waals surface area contributed by atoms with Crippen LogP contribution in [0.2, 0.25) is 0 Å². The minimum absolute atomic E-state index is 0.0104. The second-order valence-electron chi connectivity index (χ2n) is 5.79. The smallest absolute Gasteiger partial charge is 0.303 e. The van der Waals surface area contributed by atoms with E-state index in [0.29, 0.717) is 13.1 Å². The molecule has 1 N–H and O–H groups in total. The third-order valence-corrected chi connectivity index (χ3v) is 4.32. The Morgan fingerprint density at radius 1 is 1.21 bits per heavy atom. The SMILES string of the molecule is COc1cccc(C2c3cccn3CCN2C(=O)CCC(=O)O)c1. The molecule has 2 heterocycles. The van der Waals surface area contributed by atoms with Crippen LogP contribution < -0.4 is 4.74 Å². The average molecular weight is 328 g/mol. The van der Waals surface area contributed by atoms with Crippen molar-refractivity contribution in [1.29, 1.82) is 0 Å². The number of fused-ring (bicyclic) bond motifs is 1. The van der Waals surface area contributed by atoms with Crippen LogP contribution in [0.5, 0.6) is 5.75 Å². The van der Waals surface area contributed by atoms with Crippen LogP contribution in [0, 0.1) is 0 Å². The molecule has 24 heavy (non-hydrogen) atoms. The summed E-state index contributed by atoms with van der Waals surface area (Å²) < 4.78 is 7.43. The average Bonchev–Trinajstić information content (AvgIpc) is 3.07. The maximum absolute atomic E-state index is 12.6. The van der Waals surface area contributed by atoms with Crippen molar-refractivity contribution in [3.63, 3.8) is 0 Å². The number of hydrogen-bond donors (Lipinski definition) is 1. The lowest BCUT2D eigenvalue weighted by Gasteiger charge is -2.37. The second kappa shape index (κ2) is 6.78. The molecule has 126 valence electrons. The number of carbonyl (C=O) groups is 2. The van der Waals surface area contributed by atoms with Gasteiger partial charge in [-0.1, -0.05) is 12.1 Å². The maximum Gasteiger partial charge on any atom is 0.303 e. The number of amides is 1. The minimum Gasteiger partial charge on any atom is -0.497 e. The first-order chi connectivity index (χ1) is 11.6. The molecule has 6 nitrogen and oxygen atoms in total. The maximum atomic E-state index is 12.6. The van der Waals surface area contributed by atoms with Crippen molar-refractivity contribution in [3.8, 4) is 5.75 Å². The van der Waals surface area contributed by atoms with Gasteiger partial charge in [0.2, 0.25) is 5.91 Å². The molecule has 1 aliphatic rings. The van der Waals surface area contributed by atoms with Crippen LogP contribution in [0.15, 0.2) is 42.6 Å². The van der Waals surface area contributed by atoms with E-state index < -0.39 is 5.97 Å². The Kier molecular flexibility index (Phi) is 4.55. The molecule has 1 atom stereocenters. The third kappa shape index (κ3) is 3.13. The number of carboxylic acid groups (broad SMARTS) is 1. The quantitative estimate of drug-likeness (QED) is 0.914. The van der Waals surface area contributed by atoms with Crippen molar-refractivity contribution in [2.45, 2.75) is 25.4 Å². The summed E-state index contributed by atoms with van der Waals surface area (Å²) in [7, 11) is 1.61. The summed E-state index contributed by atoms with van der Waals surface area (Å²) in [6, 6.07) is 11.4. The first-order valence-corrected chi connectivity index (χ1v) is 7.90. The van der Waals surface area contributed by atoms with Gasteiger partial charge in [0.25, 0.3) is 0 Å². The number of aliphatic carboxylic acids is 1. The highest BCUT2D eigenvalue weighted by Gasteiger charge is 2.32. The zero-order valence-electron chi connectivity index (χ0n) is 13.5. The van der Waals surface area contributed by atoms with Crippen LogP contribution in [0.3, 0.4) is 0 Å². The first kappa shape index (κ1) is 16.1. The highest BCUT2D eigenvalue weighted by atomic mass is 16.5. The van der Waals surface area contributed by atoms with E-state index in [1.807, 2.05) is 42.6 Å². The van der Waals surface area contributed by atoms with E-state index in [-0.39, 0.29) is 24.8 Å². The second-order valence-corrected chi connectivity index (χ2v) is 5.79. The molecule has 0 fully saturated rings. The van der Waals surface area contributed by atoms with Crippen LogP contribution in [0.1, 0.15) is 30.1 Å². The monoisotopic (exact) mass is 328 g/mol. The number of rotatable bonds is 5. The third-order valence-electron chi connectivity index (χ3n) is 4.32. The van der Waals surface area contributed by atoms with Gasteiger partial charge in [0.1, 0.15) is 5.75 Å². The largest absolute Gasteiger partial charge is 0.497 e. The molecule has 2 aromatic rings. The Hall–Kier alpha value is -2.76. The normalized spacial score (nSPS) is 16.5. The van der Waals surface area contributed by atoms with Gasteiger partial charge in [0.15, 0.2) is 0 Å². The predicted molar refractivity (Wildman–Crippen MR) is 87.9 cm³/mol. The van der Waals surface area contributed by atoms with E-state index >= 15 is 0 Å². The topological polar surface area (TPSA) is 71.8 Å². The van der Waals surface area contributed by atoms with Gasteiger partial charge in [-0.05, 0) is 29.8 Å². The molecular weight excluding hydrogens is 308 g/mol. The summed E-state index contributed by atoms with van der Waals surface area (Å²) in [6.07, 6.45) is 1.86. The van der Waals surface area contributed by atoms with E-state index in [4.69, 9.17) is 9.84 Å². The van der Waals surface area contributed by atoms with Crippen molar-refractivity contribution in [2.24, 2.45) is 0 Å². The Balaban J connectivity index is 1.96. The van der Waals surface area contributed by atoms with Gasteiger partial charge >= 0.3 is 5.97 Å². The molecule has 0 radical (unpaired) electrons. The van der Waals surface area contributed by atoms with Crippen molar-refractivity contribution in [2.75, 3.05) is 13.7 Å². The predicted octanol–water partition coefficient (Wildman–Crippen LogP) is 2.29. The number of ether oxygens (including phenoxy) is 1. The fourth-order valence-corrected chi connectivity index (χ4v) is 3.17. The molecule has 1 aromatic carbocycles. The van der Waals surface area contributed by atoms with Crippen LogP contribution in [-0.2, 0) is 16.1 Å². The lowest BCUT2D eigenvalue weighted by Crippen LogP contribution is -2.42. The molecule has 0 spiro atoms. The highest BCUT2D eigenvalue weighted by Crippen LogP contribution is 2.34. The molecule has 1 aromatic heterocycles. The Labute approximate surface area is 140 Å².